The molecule has 5 heteroatoms. The first-order chi connectivity index (χ1) is 12.1. The van der Waals surface area contributed by atoms with Gasteiger partial charge in [-0.3, -0.25) is 14.5 Å². The Bertz CT molecular complexity index is 423. The highest BCUT2D eigenvalue weighted by Crippen LogP contribution is 2.24. The summed E-state index contributed by atoms with van der Waals surface area (Å²) < 4.78 is 0. The molecule has 0 aromatic rings. The number of hydrogen-bond donors (Lipinski definition) is 0. The number of amides is 2. The summed E-state index contributed by atoms with van der Waals surface area (Å²) in [4.78, 5) is 31.5. The van der Waals surface area contributed by atoms with Crippen LogP contribution < -0.4 is 0 Å². The van der Waals surface area contributed by atoms with Gasteiger partial charge in [-0.2, -0.15) is 0 Å². The Labute approximate surface area is 153 Å². The molecule has 2 amide bonds. The number of likely N-dealkylation sites (N-methyl/N-ethyl adjacent to an activating group) is 1. The molecule has 5 nitrogen and oxygen atoms in total. The zero-order chi connectivity index (χ0) is 18.2. The molecule has 144 valence electrons. The Hall–Kier alpha value is -1.10. The standard InChI is InChI=1S/C20H37N3O2/c1-4-22(5-2)20(25)17-12-14-21(15-13-17)16-19(24)23(6-3)18-10-8-7-9-11-18/h17-18H,4-16H2,1-3H3. The van der Waals surface area contributed by atoms with Crippen molar-refractivity contribution >= 4 is 11.8 Å². The van der Waals surface area contributed by atoms with Crippen molar-refractivity contribution in [1.82, 2.24) is 14.7 Å². The second-order valence-electron chi connectivity index (χ2n) is 7.53. The molecule has 2 aliphatic rings. The van der Waals surface area contributed by atoms with E-state index in [0.717, 1.165) is 45.6 Å². The van der Waals surface area contributed by atoms with Gasteiger partial charge in [0.15, 0.2) is 0 Å². The van der Waals surface area contributed by atoms with Crippen LogP contribution in [0.25, 0.3) is 0 Å². The molecule has 1 saturated carbocycles. The van der Waals surface area contributed by atoms with Crippen molar-refractivity contribution in [2.24, 2.45) is 5.92 Å². The number of hydrogen-bond acceptors (Lipinski definition) is 3. The van der Waals surface area contributed by atoms with Gasteiger partial charge in [-0.05, 0) is 59.5 Å². The predicted octanol–water partition coefficient (Wildman–Crippen LogP) is 2.75. The first-order valence-corrected chi connectivity index (χ1v) is 10.4. The Morgan fingerprint density at radius 2 is 1.48 bits per heavy atom. The SMILES string of the molecule is CCN(CC)C(=O)C1CCN(CC(=O)N(CC)C2CCCCC2)CC1. The summed E-state index contributed by atoms with van der Waals surface area (Å²) in [6.07, 6.45) is 7.94. The number of carbonyl (C=O) groups excluding carboxylic acids is 2. The van der Waals surface area contributed by atoms with Gasteiger partial charge in [0.1, 0.15) is 0 Å². The van der Waals surface area contributed by atoms with Gasteiger partial charge < -0.3 is 9.80 Å². The molecular formula is C20H37N3O2. The lowest BCUT2D eigenvalue weighted by Gasteiger charge is -2.37. The van der Waals surface area contributed by atoms with E-state index in [-0.39, 0.29) is 11.8 Å². The first-order valence-electron chi connectivity index (χ1n) is 10.4. The van der Waals surface area contributed by atoms with Crippen LogP contribution in [0.2, 0.25) is 0 Å². The van der Waals surface area contributed by atoms with E-state index in [9.17, 15) is 9.59 Å². The summed E-state index contributed by atoms with van der Waals surface area (Å²) in [5.41, 5.74) is 0. The van der Waals surface area contributed by atoms with Gasteiger partial charge in [0.25, 0.3) is 0 Å². The minimum absolute atomic E-state index is 0.145. The number of nitrogens with zero attached hydrogens (tertiary/aromatic N) is 3. The number of piperidine rings is 1. The van der Waals surface area contributed by atoms with Crippen LogP contribution in [0.1, 0.15) is 65.7 Å². The molecule has 0 atom stereocenters. The summed E-state index contributed by atoms with van der Waals surface area (Å²) >= 11 is 0. The molecule has 1 aliphatic carbocycles. The second-order valence-corrected chi connectivity index (χ2v) is 7.53. The third kappa shape index (κ3) is 5.44. The van der Waals surface area contributed by atoms with Gasteiger partial charge in [-0.15, -0.1) is 0 Å². The molecule has 2 fully saturated rings. The van der Waals surface area contributed by atoms with Crippen LogP contribution in [0.15, 0.2) is 0 Å². The third-order valence-electron chi connectivity index (χ3n) is 6.05. The number of carbonyl (C=O) groups is 2. The van der Waals surface area contributed by atoms with E-state index in [0.29, 0.717) is 18.5 Å². The van der Waals surface area contributed by atoms with Gasteiger partial charge in [-0.25, -0.2) is 0 Å². The van der Waals surface area contributed by atoms with Gasteiger partial charge in [0, 0.05) is 31.6 Å². The minimum Gasteiger partial charge on any atom is -0.343 e. The average molecular weight is 352 g/mol. The summed E-state index contributed by atoms with van der Waals surface area (Å²) in [5.74, 6) is 0.725. The molecule has 0 aromatic heterocycles. The number of likely N-dealkylation sites (tertiary alicyclic amines) is 1. The van der Waals surface area contributed by atoms with E-state index < -0.39 is 0 Å². The van der Waals surface area contributed by atoms with Crippen LogP contribution in [-0.2, 0) is 9.59 Å². The predicted molar refractivity (Wildman–Crippen MR) is 101 cm³/mol. The largest absolute Gasteiger partial charge is 0.343 e. The molecule has 25 heavy (non-hydrogen) atoms. The zero-order valence-corrected chi connectivity index (χ0v) is 16.5. The van der Waals surface area contributed by atoms with Crippen molar-refractivity contribution in [3.8, 4) is 0 Å². The molecule has 1 aliphatic heterocycles. The van der Waals surface area contributed by atoms with Crippen molar-refractivity contribution in [1.29, 1.82) is 0 Å². The molecular weight excluding hydrogens is 314 g/mol. The van der Waals surface area contributed by atoms with Crippen molar-refractivity contribution in [3.63, 3.8) is 0 Å². The van der Waals surface area contributed by atoms with E-state index in [1.54, 1.807) is 0 Å². The lowest BCUT2D eigenvalue weighted by Crippen LogP contribution is -2.49. The van der Waals surface area contributed by atoms with Crippen LogP contribution in [0, 0.1) is 5.92 Å². The Morgan fingerprint density at radius 3 is 2.00 bits per heavy atom. The fourth-order valence-corrected chi connectivity index (χ4v) is 4.44. The molecule has 0 radical (unpaired) electrons. The normalized spacial score (nSPS) is 20.4. The molecule has 1 saturated heterocycles. The minimum atomic E-state index is 0.145. The van der Waals surface area contributed by atoms with Crippen LogP contribution in [0.5, 0.6) is 0 Å². The van der Waals surface area contributed by atoms with Gasteiger partial charge in [-0.1, -0.05) is 19.3 Å². The summed E-state index contributed by atoms with van der Waals surface area (Å²) in [6.45, 7) is 10.8. The molecule has 0 bridgehead atoms. The molecule has 0 unspecified atom stereocenters. The van der Waals surface area contributed by atoms with E-state index in [4.69, 9.17) is 0 Å². The fourth-order valence-electron chi connectivity index (χ4n) is 4.44. The molecule has 0 aromatic carbocycles. The van der Waals surface area contributed by atoms with Crippen molar-refractivity contribution in [2.45, 2.75) is 71.8 Å². The second kappa shape index (κ2) is 10.1. The molecule has 0 spiro atoms. The maximum atomic E-state index is 12.8. The highest BCUT2D eigenvalue weighted by molar-refractivity contribution is 5.80. The van der Waals surface area contributed by atoms with Crippen molar-refractivity contribution < 1.29 is 9.59 Å². The Kier molecular flexibility index (Phi) is 8.20. The monoisotopic (exact) mass is 351 g/mol. The maximum Gasteiger partial charge on any atom is 0.236 e. The lowest BCUT2D eigenvalue weighted by molar-refractivity contribution is -0.137. The maximum absolute atomic E-state index is 12.8. The summed E-state index contributed by atoms with van der Waals surface area (Å²) in [7, 11) is 0. The smallest absolute Gasteiger partial charge is 0.236 e. The first kappa shape index (κ1) is 20.2. The Balaban J connectivity index is 1.80. The quantitative estimate of drug-likeness (QED) is 0.708. The molecule has 2 rings (SSSR count). The van der Waals surface area contributed by atoms with Gasteiger partial charge >= 0.3 is 0 Å². The van der Waals surface area contributed by atoms with E-state index >= 15 is 0 Å². The zero-order valence-electron chi connectivity index (χ0n) is 16.5. The topological polar surface area (TPSA) is 43.9 Å². The highest BCUT2D eigenvalue weighted by atomic mass is 16.2. The van der Waals surface area contributed by atoms with Gasteiger partial charge in [0.2, 0.25) is 11.8 Å². The average Bonchev–Trinajstić information content (AvgIpc) is 2.64. The highest BCUT2D eigenvalue weighted by Gasteiger charge is 2.30. The Morgan fingerprint density at radius 1 is 0.880 bits per heavy atom. The summed E-state index contributed by atoms with van der Waals surface area (Å²) in [6, 6.07) is 0.452. The van der Waals surface area contributed by atoms with Crippen LogP contribution in [-0.4, -0.2) is 71.8 Å². The van der Waals surface area contributed by atoms with E-state index in [1.165, 1.54) is 32.1 Å². The number of rotatable bonds is 7. The van der Waals surface area contributed by atoms with Crippen LogP contribution in [0.4, 0.5) is 0 Å². The van der Waals surface area contributed by atoms with Gasteiger partial charge in [0.05, 0.1) is 6.54 Å². The lowest BCUT2D eigenvalue weighted by atomic mass is 9.93. The molecule has 0 N–H and O–H groups in total. The molecule has 1 heterocycles. The van der Waals surface area contributed by atoms with E-state index in [1.807, 2.05) is 18.7 Å². The van der Waals surface area contributed by atoms with Crippen LogP contribution in [0.3, 0.4) is 0 Å². The summed E-state index contributed by atoms with van der Waals surface area (Å²) in [5, 5.41) is 0. The van der Waals surface area contributed by atoms with Crippen LogP contribution >= 0.6 is 0 Å². The van der Waals surface area contributed by atoms with Crippen molar-refractivity contribution in [3.05, 3.63) is 0 Å². The third-order valence-corrected chi connectivity index (χ3v) is 6.05. The van der Waals surface area contributed by atoms with E-state index in [2.05, 4.69) is 16.7 Å². The fraction of sp³-hybridized carbons (Fsp3) is 0.900. The van der Waals surface area contributed by atoms with Crippen molar-refractivity contribution in [2.75, 3.05) is 39.3 Å².